The van der Waals surface area contributed by atoms with Crippen LogP contribution in [0.4, 0.5) is 0 Å². The molecule has 2 unspecified atom stereocenters. The fourth-order valence-electron chi connectivity index (χ4n) is 1.36. The molecule has 0 aliphatic carbocycles. The summed E-state index contributed by atoms with van der Waals surface area (Å²) in [4.78, 5) is 30.5. The highest BCUT2D eigenvalue weighted by Crippen LogP contribution is 2.15. The number of carbonyl (C=O) groups excluding carboxylic acids is 2. The maximum atomic E-state index is 10.7. The SMILES string of the molecule is CC(=O)O.CC(=O)OC1CCOCC1OC(C)=O. The lowest BCUT2D eigenvalue weighted by Gasteiger charge is -2.29. The third-order valence-corrected chi connectivity index (χ3v) is 1.88. The molecule has 1 N–H and O–H groups in total. The molecule has 1 aliphatic rings. The van der Waals surface area contributed by atoms with Crippen molar-refractivity contribution in [2.75, 3.05) is 13.2 Å². The fraction of sp³-hybridized carbons (Fsp3) is 0.727. The van der Waals surface area contributed by atoms with Gasteiger partial charge in [-0.15, -0.1) is 0 Å². The summed E-state index contributed by atoms with van der Waals surface area (Å²) in [7, 11) is 0. The van der Waals surface area contributed by atoms with Crippen LogP contribution < -0.4 is 0 Å². The molecule has 0 aromatic heterocycles. The third-order valence-electron chi connectivity index (χ3n) is 1.88. The number of carbonyl (C=O) groups is 3. The average molecular weight is 262 g/mol. The molecule has 1 saturated heterocycles. The zero-order chi connectivity index (χ0) is 14.1. The Labute approximate surface area is 105 Å². The number of carboxylic acids is 1. The van der Waals surface area contributed by atoms with E-state index in [-0.39, 0.29) is 18.7 Å². The first-order valence-corrected chi connectivity index (χ1v) is 5.44. The Morgan fingerprint density at radius 1 is 1.06 bits per heavy atom. The number of hydrogen-bond acceptors (Lipinski definition) is 6. The molecular weight excluding hydrogens is 244 g/mol. The molecule has 0 aromatic carbocycles. The van der Waals surface area contributed by atoms with Gasteiger partial charge in [0.1, 0.15) is 6.10 Å². The molecule has 1 rings (SSSR count). The van der Waals surface area contributed by atoms with Gasteiger partial charge in [-0.25, -0.2) is 0 Å². The van der Waals surface area contributed by atoms with Crippen molar-refractivity contribution in [1.29, 1.82) is 0 Å². The summed E-state index contributed by atoms with van der Waals surface area (Å²) in [5.41, 5.74) is 0. The van der Waals surface area contributed by atoms with Crippen molar-refractivity contribution in [2.24, 2.45) is 0 Å². The van der Waals surface area contributed by atoms with Crippen molar-refractivity contribution in [2.45, 2.75) is 39.4 Å². The molecule has 18 heavy (non-hydrogen) atoms. The van der Waals surface area contributed by atoms with Gasteiger partial charge >= 0.3 is 11.9 Å². The van der Waals surface area contributed by atoms with Gasteiger partial charge < -0.3 is 19.3 Å². The van der Waals surface area contributed by atoms with Gasteiger partial charge in [0.05, 0.1) is 13.2 Å². The van der Waals surface area contributed by atoms with Gasteiger partial charge in [0.2, 0.25) is 0 Å². The minimum Gasteiger partial charge on any atom is -0.481 e. The lowest BCUT2D eigenvalue weighted by Crippen LogP contribution is -2.42. The van der Waals surface area contributed by atoms with Gasteiger partial charge in [0.25, 0.3) is 5.97 Å². The van der Waals surface area contributed by atoms with Crippen LogP contribution in [0.3, 0.4) is 0 Å². The van der Waals surface area contributed by atoms with Crippen LogP contribution in [0.1, 0.15) is 27.2 Å². The molecule has 1 fully saturated rings. The van der Waals surface area contributed by atoms with Crippen molar-refractivity contribution in [3.8, 4) is 0 Å². The second-order valence-corrected chi connectivity index (χ2v) is 3.68. The molecule has 2 atom stereocenters. The molecular formula is C11H18O7. The van der Waals surface area contributed by atoms with Gasteiger partial charge in [-0.3, -0.25) is 14.4 Å². The first kappa shape index (κ1) is 16.4. The molecule has 0 amide bonds. The molecule has 1 heterocycles. The molecule has 1 aliphatic heterocycles. The third kappa shape index (κ3) is 8.51. The Kier molecular flexibility index (Phi) is 7.69. The van der Waals surface area contributed by atoms with Gasteiger partial charge in [-0.05, 0) is 0 Å². The molecule has 0 spiro atoms. The first-order chi connectivity index (χ1) is 8.32. The predicted octanol–water partition coefficient (Wildman–Crippen LogP) is 0.361. The van der Waals surface area contributed by atoms with Crippen LogP contribution in [-0.4, -0.2) is 48.4 Å². The van der Waals surface area contributed by atoms with E-state index in [9.17, 15) is 9.59 Å². The Morgan fingerprint density at radius 2 is 1.50 bits per heavy atom. The van der Waals surface area contributed by atoms with Gasteiger partial charge in [0.15, 0.2) is 6.10 Å². The number of hydrogen-bond donors (Lipinski definition) is 1. The molecule has 7 nitrogen and oxygen atoms in total. The van der Waals surface area contributed by atoms with Gasteiger partial charge in [-0.1, -0.05) is 0 Å². The van der Waals surface area contributed by atoms with Crippen LogP contribution >= 0.6 is 0 Å². The maximum absolute atomic E-state index is 10.7. The second kappa shape index (κ2) is 8.46. The van der Waals surface area contributed by atoms with Crippen LogP contribution in [0, 0.1) is 0 Å². The zero-order valence-electron chi connectivity index (χ0n) is 10.7. The summed E-state index contributed by atoms with van der Waals surface area (Å²) in [5.74, 6) is -1.59. The van der Waals surface area contributed by atoms with E-state index >= 15 is 0 Å². The Morgan fingerprint density at radius 3 is 1.94 bits per heavy atom. The van der Waals surface area contributed by atoms with E-state index in [4.69, 9.17) is 24.1 Å². The van der Waals surface area contributed by atoms with Gasteiger partial charge in [-0.2, -0.15) is 0 Å². The molecule has 7 heteroatoms. The van der Waals surface area contributed by atoms with Crippen molar-refractivity contribution in [3.05, 3.63) is 0 Å². The zero-order valence-corrected chi connectivity index (χ0v) is 10.7. The smallest absolute Gasteiger partial charge is 0.303 e. The number of rotatable bonds is 2. The highest BCUT2D eigenvalue weighted by molar-refractivity contribution is 5.67. The quantitative estimate of drug-likeness (QED) is 0.717. The molecule has 0 bridgehead atoms. The van der Waals surface area contributed by atoms with Crippen molar-refractivity contribution in [3.63, 3.8) is 0 Å². The van der Waals surface area contributed by atoms with E-state index in [0.29, 0.717) is 13.0 Å². The fourth-order valence-corrected chi connectivity index (χ4v) is 1.36. The predicted molar refractivity (Wildman–Crippen MR) is 59.9 cm³/mol. The Balaban J connectivity index is 0.000000631. The minimum absolute atomic E-state index is 0.289. The summed E-state index contributed by atoms with van der Waals surface area (Å²) in [6, 6.07) is 0. The van der Waals surface area contributed by atoms with Crippen LogP contribution in [0.15, 0.2) is 0 Å². The Bertz CT molecular complexity index is 272. The topological polar surface area (TPSA) is 99.1 Å². The summed E-state index contributed by atoms with van der Waals surface area (Å²) in [5, 5.41) is 7.42. The minimum atomic E-state index is -0.833. The van der Waals surface area contributed by atoms with Crippen molar-refractivity contribution >= 4 is 17.9 Å². The second-order valence-electron chi connectivity index (χ2n) is 3.68. The summed E-state index contributed by atoms with van der Waals surface area (Å²) < 4.78 is 15.1. The van der Waals surface area contributed by atoms with E-state index < -0.39 is 18.0 Å². The Hall–Kier alpha value is -1.63. The standard InChI is InChI=1S/C9H14O5.C2H4O2/c1-6(10)13-8-3-4-12-5-9(8)14-7(2)11;1-2(3)4/h8-9H,3-5H2,1-2H3;1H3,(H,3,4). The van der Waals surface area contributed by atoms with Crippen molar-refractivity contribution < 1.29 is 33.7 Å². The van der Waals surface area contributed by atoms with Crippen molar-refractivity contribution in [1.82, 2.24) is 0 Å². The van der Waals surface area contributed by atoms with E-state index in [0.717, 1.165) is 6.92 Å². The van der Waals surface area contributed by atoms with Crippen LogP contribution in [-0.2, 0) is 28.6 Å². The van der Waals surface area contributed by atoms with Crippen LogP contribution in [0.2, 0.25) is 0 Å². The van der Waals surface area contributed by atoms with E-state index in [2.05, 4.69) is 0 Å². The number of carboxylic acid groups (broad SMARTS) is 1. The van der Waals surface area contributed by atoms with Crippen LogP contribution in [0.25, 0.3) is 0 Å². The maximum Gasteiger partial charge on any atom is 0.303 e. The normalized spacial score (nSPS) is 22.2. The molecule has 0 aromatic rings. The summed E-state index contributed by atoms with van der Waals surface area (Å²) >= 11 is 0. The van der Waals surface area contributed by atoms with E-state index in [1.165, 1.54) is 13.8 Å². The highest BCUT2D eigenvalue weighted by Gasteiger charge is 2.30. The molecule has 0 saturated carbocycles. The van der Waals surface area contributed by atoms with E-state index in [1.807, 2.05) is 0 Å². The molecule has 0 radical (unpaired) electrons. The number of ether oxygens (including phenoxy) is 3. The average Bonchev–Trinajstić information content (AvgIpc) is 2.18. The lowest BCUT2D eigenvalue weighted by molar-refractivity contribution is -0.179. The summed E-state index contributed by atoms with van der Waals surface area (Å²) in [6.45, 7) is 4.55. The monoisotopic (exact) mass is 262 g/mol. The first-order valence-electron chi connectivity index (χ1n) is 5.44. The number of esters is 2. The van der Waals surface area contributed by atoms with Crippen LogP contribution in [0.5, 0.6) is 0 Å². The lowest BCUT2D eigenvalue weighted by atomic mass is 10.1. The largest absolute Gasteiger partial charge is 0.481 e. The highest BCUT2D eigenvalue weighted by atomic mass is 16.6. The number of aliphatic carboxylic acids is 1. The van der Waals surface area contributed by atoms with E-state index in [1.54, 1.807) is 0 Å². The summed E-state index contributed by atoms with van der Waals surface area (Å²) in [6.07, 6.45) is -0.271. The molecule has 104 valence electrons. The van der Waals surface area contributed by atoms with Gasteiger partial charge in [0, 0.05) is 27.2 Å².